The summed E-state index contributed by atoms with van der Waals surface area (Å²) in [6.07, 6.45) is 3.67. The third-order valence-electron chi connectivity index (χ3n) is 5.79. The number of carbonyl (C=O) groups excluding carboxylic acids is 1. The monoisotopic (exact) mass is 389 g/mol. The van der Waals surface area contributed by atoms with Crippen molar-refractivity contribution >= 4 is 5.91 Å². The summed E-state index contributed by atoms with van der Waals surface area (Å²) in [7, 11) is 0. The van der Waals surface area contributed by atoms with Crippen LogP contribution in [0.1, 0.15) is 30.4 Å². The molecular weight excluding hydrogens is 362 g/mol. The number of hydrogen-bond donors (Lipinski definition) is 0. The van der Waals surface area contributed by atoms with Crippen LogP contribution in [-0.4, -0.2) is 54.0 Å². The van der Waals surface area contributed by atoms with E-state index in [1.807, 2.05) is 18.2 Å². The minimum Gasteiger partial charge on any atom is -0.489 e. The number of likely N-dealkylation sites (tertiary alicyclic amines) is 2. The third-order valence-corrected chi connectivity index (χ3v) is 5.79. The SMILES string of the molecule is N#CC1CCCN1C(=O)CN1CC[C@H](Oc2ccc(Cc3ccccc3)cc2)C1. The Labute approximate surface area is 172 Å². The van der Waals surface area contributed by atoms with Crippen LogP contribution in [0.5, 0.6) is 5.75 Å². The van der Waals surface area contributed by atoms with E-state index in [2.05, 4.69) is 47.4 Å². The van der Waals surface area contributed by atoms with Crippen molar-refractivity contribution in [1.29, 1.82) is 5.26 Å². The van der Waals surface area contributed by atoms with Crippen LogP contribution in [0.2, 0.25) is 0 Å². The minimum atomic E-state index is -0.244. The van der Waals surface area contributed by atoms with Gasteiger partial charge < -0.3 is 9.64 Å². The molecule has 0 spiro atoms. The summed E-state index contributed by atoms with van der Waals surface area (Å²) in [6, 6.07) is 20.7. The molecule has 2 aliphatic rings. The van der Waals surface area contributed by atoms with Gasteiger partial charge in [-0.25, -0.2) is 0 Å². The number of ether oxygens (including phenoxy) is 1. The summed E-state index contributed by atoms with van der Waals surface area (Å²) >= 11 is 0. The highest BCUT2D eigenvalue weighted by Crippen LogP contribution is 2.21. The molecule has 4 rings (SSSR count). The Morgan fingerprint density at radius 1 is 1.03 bits per heavy atom. The average molecular weight is 389 g/mol. The molecule has 29 heavy (non-hydrogen) atoms. The molecule has 2 aromatic rings. The van der Waals surface area contributed by atoms with E-state index < -0.39 is 0 Å². The van der Waals surface area contributed by atoms with Gasteiger partial charge in [0.1, 0.15) is 17.9 Å². The van der Waals surface area contributed by atoms with E-state index >= 15 is 0 Å². The van der Waals surface area contributed by atoms with Gasteiger partial charge in [0.05, 0.1) is 12.6 Å². The second-order valence-corrected chi connectivity index (χ2v) is 7.94. The van der Waals surface area contributed by atoms with E-state index in [4.69, 9.17) is 4.74 Å². The molecular formula is C24H27N3O2. The van der Waals surface area contributed by atoms with Crippen molar-refractivity contribution in [3.8, 4) is 11.8 Å². The van der Waals surface area contributed by atoms with Crippen molar-refractivity contribution in [2.75, 3.05) is 26.2 Å². The van der Waals surface area contributed by atoms with Crippen molar-refractivity contribution in [1.82, 2.24) is 9.80 Å². The first-order valence-electron chi connectivity index (χ1n) is 10.4. The van der Waals surface area contributed by atoms with Gasteiger partial charge in [-0.2, -0.15) is 5.26 Å². The van der Waals surface area contributed by atoms with E-state index in [0.29, 0.717) is 13.1 Å². The van der Waals surface area contributed by atoms with Gasteiger partial charge in [0, 0.05) is 19.6 Å². The molecule has 2 aliphatic heterocycles. The topological polar surface area (TPSA) is 56.6 Å². The fourth-order valence-corrected chi connectivity index (χ4v) is 4.23. The lowest BCUT2D eigenvalue weighted by molar-refractivity contribution is -0.132. The molecule has 0 radical (unpaired) electrons. The van der Waals surface area contributed by atoms with Gasteiger partial charge >= 0.3 is 0 Å². The van der Waals surface area contributed by atoms with Crippen molar-refractivity contribution < 1.29 is 9.53 Å². The minimum absolute atomic E-state index is 0.0694. The molecule has 0 saturated carbocycles. The maximum Gasteiger partial charge on any atom is 0.237 e. The predicted molar refractivity (Wildman–Crippen MR) is 112 cm³/mol. The van der Waals surface area contributed by atoms with Crippen LogP contribution in [0.25, 0.3) is 0 Å². The molecule has 0 bridgehead atoms. The second-order valence-electron chi connectivity index (χ2n) is 7.94. The van der Waals surface area contributed by atoms with Gasteiger partial charge in [0.15, 0.2) is 0 Å². The lowest BCUT2D eigenvalue weighted by Gasteiger charge is -2.23. The van der Waals surface area contributed by atoms with Crippen LogP contribution in [0, 0.1) is 11.3 Å². The summed E-state index contributed by atoms with van der Waals surface area (Å²) < 4.78 is 6.14. The quantitative estimate of drug-likeness (QED) is 0.761. The van der Waals surface area contributed by atoms with Gasteiger partial charge in [0.25, 0.3) is 0 Å². The van der Waals surface area contributed by atoms with Gasteiger partial charge in [-0.1, -0.05) is 42.5 Å². The van der Waals surface area contributed by atoms with Crippen LogP contribution in [-0.2, 0) is 11.2 Å². The summed E-state index contributed by atoms with van der Waals surface area (Å²) in [5.41, 5.74) is 2.56. The van der Waals surface area contributed by atoms with Gasteiger partial charge in [-0.3, -0.25) is 9.69 Å². The first-order valence-corrected chi connectivity index (χ1v) is 10.4. The predicted octanol–water partition coefficient (Wildman–Crippen LogP) is 3.25. The maximum atomic E-state index is 12.5. The largest absolute Gasteiger partial charge is 0.489 e. The number of hydrogen-bond acceptors (Lipinski definition) is 4. The molecule has 1 amide bonds. The average Bonchev–Trinajstić information content (AvgIpc) is 3.39. The molecule has 2 saturated heterocycles. The molecule has 0 aliphatic carbocycles. The molecule has 2 atom stereocenters. The number of rotatable bonds is 6. The van der Waals surface area contributed by atoms with Crippen LogP contribution < -0.4 is 4.74 Å². The number of nitrogens with zero attached hydrogens (tertiary/aromatic N) is 3. The van der Waals surface area contributed by atoms with Gasteiger partial charge in [0.2, 0.25) is 5.91 Å². The Bertz CT molecular complexity index is 860. The number of nitriles is 1. The highest BCUT2D eigenvalue weighted by Gasteiger charge is 2.32. The molecule has 5 nitrogen and oxygen atoms in total. The number of benzene rings is 2. The van der Waals surface area contributed by atoms with Crippen molar-refractivity contribution in [2.45, 2.75) is 37.8 Å². The fourth-order valence-electron chi connectivity index (χ4n) is 4.23. The first-order chi connectivity index (χ1) is 14.2. The van der Waals surface area contributed by atoms with E-state index in [1.54, 1.807) is 4.90 Å². The smallest absolute Gasteiger partial charge is 0.237 e. The lowest BCUT2D eigenvalue weighted by Crippen LogP contribution is -2.42. The molecule has 0 N–H and O–H groups in total. The highest BCUT2D eigenvalue weighted by molar-refractivity contribution is 5.79. The van der Waals surface area contributed by atoms with Gasteiger partial charge in [-0.15, -0.1) is 0 Å². The Kier molecular flexibility index (Phi) is 6.12. The summed E-state index contributed by atoms with van der Waals surface area (Å²) in [5, 5.41) is 9.18. The molecule has 0 aromatic heterocycles. The van der Waals surface area contributed by atoms with E-state index in [-0.39, 0.29) is 18.1 Å². The fraction of sp³-hybridized carbons (Fsp3) is 0.417. The van der Waals surface area contributed by atoms with Crippen LogP contribution in [0.15, 0.2) is 54.6 Å². The standard InChI is InChI=1S/C24H27N3O2/c25-16-21-7-4-13-27(21)24(28)18-26-14-12-23(17-26)29-22-10-8-20(9-11-22)15-19-5-2-1-3-6-19/h1-3,5-6,8-11,21,23H,4,7,12-15,17-18H2/t21?,23-/m0/s1. The maximum absolute atomic E-state index is 12.5. The summed E-state index contributed by atoms with van der Waals surface area (Å²) in [5.74, 6) is 0.948. The lowest BCUT2D eigenvalue weighted by atomic mass is 10.1. The number of amides is 1. The molecule has 2 aromatic carbocycles. The summed E-state index contributed by atoms with van der Waals surface area (Å²) in [4.78, 5) is 16.4. The molecule has 2 heterocycles. The van der Waals surface area contributed by atoms with Crippen molar-refractivity contribution in [3.63, 3.8) is 0 Å². The van der Waals surface area contributed by atoms with Crippen LogP contribution in [0.3, 0.4) is 0 Å². The molecule has 2 fully saturated rings. The number of carbonyl (C=O) groups is 1. The zero-order chi connectivity index (χ0) is 20.1. The highest BCUT2D eigenvalue weighted by atomic mass is 16.5. The Morgan fingerprint density at radius 3 is 2.55 bits per heavy atom. The van der Waals surface area contributed by atoms with E-state index in [0.717, 1.165) is 44.5 Å². The normalized spacial score (nSPS) is 21.8. The zero-order valence-corrected chi connectivity index (χ0v) is 16.7. The van der Waals surface area contributed by atoms with Crippen molar-refractivity contribution in [2.24, 2.45) is 0 Å². The Hall–Kier alpha value is -2.84. The first kappa shape index (κ1) is 19.5. The van der Waals surface area contributed by atoms with Crippen LogP contribution in [0.4, 0.5) is 0 Å². The Balaban J connectivity index is 1.26. The van der Waals surface area contributed by atoms with E-state index in [9.17, 15) is 10.1 Å². The zero-order valence-electron chi connectivity index (χ0n) is 16.7. The van der Waals surface area contributed by atoms with Crippen LogP contribution >= 0.6 is 0 Å². The second kappa shape index (κ2) is 9.11. The summed E-state index contributed by atoms with van der Waals surface area (Å²) in [6.45, 7) is 2.70. The Morgan fingerprint density at radius 2 is 1.79 bits per heavy atom. The van der Waals surface area contributed by atoms with Gasteiger partial charge in [-0.05, 0) is 48.9 Å². The van der Waals surface area contributed by atoms with E-state index in [1.165, 1.54) is 11.1 Å². The van der Waals surface area contributed by atoms with Crippen molar-refractivity contribution in [3.05, 3.63) is 65.7 Å². The molecule has 5 heteroatoms. The molecule has 150 valence electrons. The third kappa shape index (κ3) is 4.96. The molecule has 1 unspecified atom stereocenters.